The van der Waals surface area contributed by atoms with Crippen molar-refractivity contribution >= 4 is 18.8 Å². The summed E-state index contributed by atoms with van der Waals surface area (Å²) in [6, 6.07) is 0. The van der Waals surface area contributed by atoms with Crippen LogP contribution < -0.4 is 20.8 Å². The van der Waals surface area contributed by atoms with Crippen LogP contribution >= 0.6 is 7.82 Å². The first kappa shape index (κ1) is 15.7. The van der Waals surface area contributed by atoms with Crippen LogP contribution in [0, 0.1) is 0 Å². The van der Waals surface area contributed by atoms with Gasteiger partial charge in [0.25, 0.3) is 0 Å². The Morgan fingerprint density at radius 1 is 1.14 bits per heavy atom. The van der Waals surface area contributed by atoms with Crippen molar-refractivity contribution in [2.24, 2.45) is 0 Å². The molecule has 7 heteroatoms. The summed E-state index contributed by atoms with van der Waals surface area (Å²) >= 11 is 0. The zero-order valence-electron chi connectivity index (χ0n) is 3.29. The maximum Gasteiger partial charge on any atom is 4.00 e. The molecule has 7 heavy (non-hydrogen) atoms. The van der Waals surface area contributed by atoms with Crippen LogP contribution in [0.15, 0.2) is 0 Å². The Morgan fingerprint density at radius 2 is 1.14 bits per heavy atom. The van der Waals surface area contributed by atoms with Crippen LogP contribution in [0.25, 0.3) is 0 Å². The van der Waals surface area contributed by atoms with E-state index in [4.69, 9.17) is 19.2 Å². The molecule has 0 aliphatic heterocycles. The fourth-order valence-electron chi connectivity index (χ4n) is 0. The predicted octanol–water partition coefficient (Wildman–Crippen LogP) is -3.04. The van der Waals surface area contributed by atoms with E-state index in [1.165, 1.54) is 0 Å². The fraction of sp³-hybridized carbons (Fsp3) is 0. The van der Waals surface area contributed by atoms with Gasteiger partial charge in [-0.2, -0.15) is 7.82 Å². The third-order valence-electron chi connectivity index (χ3n) is 0. The summed E-state index contributed by atoms with van der Waals surface area (Å²) in [7, 11) is -5.39. The summed E-state index contributed by atoms with van der Waals surface area (Å²) < 4.78 is 8.55. The quantitative estimate of drug-likeness (QED) is 0.283. The van der Waals surface area contributed by atoms with Gasteiger partial charge in [0.05, 0.1) is 0 Å². The van der Waals surface area contributed by atoms with E-state index in [0.717, 1.165) is 0 Å². The summed E-state index contributed by atoms with van der Waals surface area (Å²) in [4.78, 5) is 25.6. The normalized spacial score (nSPS) is 8.43. The van der Waals surface area contributed by atoms with Crippen LogP contribution in [-0.4, -0.2) is 11.0 Å². The Kier molecular flexibility index (Phi) is 9.95. The molecule has 0 rings (SSSR count). The van der Waals surface area contributed by atoms with Crippen LogP contribution in [0.3, 0.4) is 0 Å². The van der Waals surface area contributed by atoms with Gasteiger partial charge >= 0.3 is 11.0 Å². The van der Waals surface area contributed by atoms with Crippen molar-refractivity contribution in [3.63, 3.8) is 0 Å². The molecule has 0 amide bonds. The zero-order chi connectivity index (χ0) is 4.50. The summed E-state index contributed by atoms with van der Waals surface area (Å²) in [5, 5.41) is 0. The van der Waals surface area contributed by atoms with Crippen LogP contribution in [0.2, 0.25) is 0 Å². The monoisotopic (exact) mass is 140 g/mol. The maximum absolute atomic E-state index is 8.55. The number of hydrogen-bond acceptors (Lipinski definition) is 5. The molecule has 0 bridgehead atoms. The van der Waals surface area contributed by atoms with Gasteiger partial charge in [-0.25, -0.2) is 0 Å². The third kappa shape index (κ3) is 1400. The van der Waals surface area contributed by atoms with Gasteiger partial charge in [-0.15, -0.1) is 0 Å². The van der Waals surface area contributed by atoms with Gasteiger partial charge in [0, 0.05) is 0 Å². The van der Waals surface area contributed by atoms with Gasteiger partial charge in [-0.1, -0.05) is 0 Å². The molecule has 0 aromatic carbocycles. The van der Waals surface area contributed by atoms with Crippen LogP contribution in [-0.2, 0) is 4.57 Å². The Hall–Kier alpha value is 0.287. The second-order valence-corrected chi connectivity index (χ2v) is 1.34. The molecule has 0 fully saturated rings. The van der Waals surface area contributed by atoms with Crippen molar-refractivity contribution in [2.45, 2.75) is 0 Å². The molecule has 0 spiro atoms. The van der Waals surface area contributed by atoms with E-state index in [2.05, 4.69) is 0 Å². The van der Waals surface area contributed by atoms with Gasteiger partial charge in [0.1, 0.15) is 0 Å². The molecule has 0 radical (unpaired) electrons. The van der Waals surface area contributed by atoms with E-state index >= 15 is 0 Å². The molecule has 0 unspecified atom stereocenters. The van der Waals surface area contributed by atoms with Crippen LogP contribution in [0.4, 0.5) is 0 Å². The minimum Gasteiger partial charge on any atom is -0.822 e. The largest absolute Gasteiger partial charge is 4.00 e. The first-order chi connectivity index (χ1) is 2.00. The average Bonchev–Trinajstić information content (AvgIpc) is 0.722. The van der Waals surface area contributed by atoms with Crippen molar-refractivity contribution in [3.8, 4) is 0 Å². The minimum absolute atomic E-state index is 0. The van der Waals surface area contributed by atoms with Crippen molar-refractivity contribution in [1.29, 1.82) is 0 Å². The molecule has 3 N–H and O–H groups in total. The van der Waals surface area contributed by atoms with Crippen LogP contribution in [0.1, 0.15) is 0 Å². The van der Waals surface area contributed by atoms with Crippen LogP contribution in [0.5, 0.6) is 0 Å². The van der Waals surface area contributed by atoms with E-state index in [0.29, 0.717) is 0 Å². The van der Waals surface area contributed by atoms with Crippen molar-refractivity contribution in [3.05, 3.63) is 0 Å². The molecular weight excluding hydrogens is 137 g/mol. The molecule has 0 aromatic rings. The van der Waals surface area contributed by atoms with Crippen molar-refractivity contribution in [2.75, 3.05) is 0 Å². The van der Waals surface area contributed by atoms with Crippen molar-refractivity contribution < 1.29 is 19.2 Å². The molecule has 0 saturated carbocycles. The number of phosphoric acid groups is 1. The van der Waals surface area contributed by atoms with Gasteiger partial charge in [0.15, 0.2) is 0 Å². The third-order valence-corrected chi connectivity index (χ3v) is 0. The van der Waals surface area contributed by atoms with E-state index in [1.54, 1.807) is 0 Å². The molecular formula is H3NO4PSi+. The SMILES string of the molecule is N.O=P([O-])([O-])[O-].[Si+4]. The molecule has 0 atom stereocenters. The summed E-state index contributed by atoms with van der Waals surface area (Å²) in [6.07, 6.45) is 0. The second-order valence-electron chi connectivity index (χ2n) is 0.447. The predicted molar refractivity (Wildman–Crippen MR) is 18.4 cm³/mol. The van der Waals surface area contributed by atoms with Gasteiger partial charge in [-0.3, -0.25) is 0 Å². The number of rotatable bonds is 0. The summed E-state index contributed by atoms with van der Waals surface area (Å²) in [5.41, 5.74) is 0. The van der Waals surface area contributed by atoms with E-state index in [1.807, 2.05) is 0 Å². The molecule has 0 aliphatic rings. The van der Waals surface area contributed by atoms with E-state index < -0.39 is 7.82 Å². The Labute approximate surface area is 45.2 Å². The Morgan fingerprint density at radius 3 is 1.14 bits per heavy atom. The fourth-order valence-corrected chi connectivity index (χ4v) is 0. The molecule has 0 aromatic heterocycles. The van der Waals surface area contributed by atoms with Gasteiger partial charge in [-0.05, 0) is 0 Å². The van der Waals surface area contributed by atoms with Crippen molar-refractivity contribution in [1.82, 2.24) is 6.15 Å². The molecule has 5 nitrogen and oxygen atoms in total. The molecule has 0 heterocycles. The zero-order valence-corrected chi connectivity index (χ0v) is 5.18. The molecule has 0 saturated heterocycles. The van der Waals surface area contributed by atoms with Gasteiger partial charge < -0.3 is 25.4 Å². The minimum atomic E-state index is -5.39. The Bertz CT molecular complexity index is 57.8. The summed E-state index contributed by atoms with van der Waals surface area (Å²) in [6.45, 7) is 0. The standard InChI is InChI=1S/H3N.H3O4P.Si/c;1-5(2,3)4;/h1H3;(H3,1,2,3,4);/q;;+4/p-3. The first-order valence-electron chi connectivity index (χ1n) is 0.730. The Balaban J connectivity index is -0.0000000800. The van der Waals surface area contributed by atoms with Gasteiger partial charge in [0.2, 0.25) is 0 Å². The second kappa shape index (κ2) is 4.45. The average molecular weight is 140 g/mol. The van der Waals surface area contributed by atoms with E-state index in [-0.39, 0.29) is 17.1 Å². The first-order valence-corrected chi connectivity index (χ1v) is 2.19. The topological polar surface area (TPSA) is 121 Å². The maximum atomic E-state index is 8.55. The van der Waals surface area contributed by atoms with E-state index in [9.17, 15) is 0 Å². The summed E-state index contributed by atoms with van der Waals surface area (Å²) in [5.74, 6) is 0. The smallest absolute Gasteiger partial charge is 0.822 e. The number of hydrogen-bond donors (Lipinski definition) is 1. The molecule has 0 aliphatic carbocycles. The molecule has 40 valence electrons.